The van der Waals surface area contributed by atoms with E-state index in [1.807, 2.05) is 48.5 Å². The summed E-state index contributed by atoms with van der Waals surface area (Å²) in [5.74, 6) is -0.196. The van der Waals surface area contributed by atoms with Crippen LogP contribution in [0.1, 0.15) is 33.7 Å². The molecule has 0 amide bonds. The van der Waals surface area contributed by atoms with E-state index in [1.165, 1.54) is 0 Å². The Balaban J connectivity index is 1.43. The van der Waals surface area contributed by atoms with Crippen molar-refractivity contribution in [3.8, 4) is 11.8 Å². The third-order valence-electron chi connectivity index (χ3n) is 6.60. The minimum atomic E-state index is -0.988. The average molecular weight is 562 g/mol. The van der Waals surface area contributed by atoms with Crippen LogP contribution >= 0.6 is 0 Å². The fourth-order valence-corrected chi connectivity index (χ4v) is 4.58. The number of aryl methyl sites for hydroxylation is 1. The zero-order valence-electron chi connectivity index (χ0n) is 22.4. The number of anilines is 4. The number of rotatable bonds is 10. The molecule has 5 rings (SSSR count). The van der Waals surface area contributed by atoms with E-state index < -0.39 is 5.97 Å². The van der Waals surface area contributed by atoms with Gasteiger partial charge in [0, 0.05) is 25.2 Å². The first-order valence-corrected chi connectivity index (χ1v) is 13.1. The Morgan fingerprint density at radius 3 is 2.43 bits per heavy atom. The summed E-state index contributed by atoms with van der Waals surface area (Å²) in [6.07, 6.45) is 1.00. The van der Waals surface area contributed by atoms with Gasteiger partial charge in [0.2, 0.25) is 5.95 Å². The molecule has 42 heavy (non-hydrogen) atoms. The summed E-state index contributed by atoms with van der Waals surface area (Å²) in [5, 5.41) is 25.4. The molecule has 0 unspecified atom stereocenters. The second-order valence-corrected chi connectivity index (χ2v) is 9.39. The van der Waals surface area contributed by atoms with E-state index in [1.54, 1.807) is 34.9 Å². The number of nitriles is 1. The van der Waals surface area contributed by atoms with Crippen molar-refractivity contribution in [1.29, 1.82) is 5.26 Å². The molecule has 12 nitrogen and oxygen atoms in total. The predicted molar refractivity (Wildman–Crippen MR) is 160 cm³/mol. The second-order valence-electron chi connectivity index (χ2n) is 9.39. The summed E-state index contributed by atoms with van der Waals surface area (Å²) in [6.45, 7) is 0.801. The van der Waals surface area contributed by atoms with Gasteiger partial charge in [0.05, 0.1) is 22.2 Å². The number of aromatic carboxylic acids is 1. The molecule has 3 aromatic carbocycles. The van der Waals surface area contributed by atoms with E-state index in [9.17, 15) is 14.9 Å². The van der Waals surface area contributed by atoms with Gasteiger partial charge in [0.15, 0.2) is 5.82 Å². The van der Waals surface area contributed by atoms with Crippen LogP contribution < -0.4 is 27.7 Å². The van der Waals surface area contributed by atoms with E-state index >= 15 is 0 Å². The van der Waals surface area contributed by atoms with E-state index in [2.05, 4.69) is 20.6 Å². The van der Waals surface area contributed by atoms with Crippen LogP contribution in [0, 0.1) is 11.3 Å². The Kier molecular flexibility index (Phi) is 7.92. The summed E-state index contributed by atoms with van der Waals surface area (Å²) in [7, 11) is 0. The number of carbonyl (C=O) groups is 1. The fourth-order valence-electron chi connectivity index (χ4n) is 4.58. The van der Waals surface area contributed by atoms with E-state index in [-0.39, 0.29) is 34.3 Å². The van der Waals surface area contributed by atoms with Crippen LogP contribution in [0.2, 0.25) is 0 Å². The summed E-state index contributed by atoms with van der Waals surface area (Å²) < 4.78 is 1.61. The van der Waals surface area contributed by atoms with Crippen LogP contribution in [0.5, 0.6) is 0 Å². The standard InChI is InChI=1S/C30H27N9O3/c31-16-21-26(32)37-30(33)38-27(21)34-15-5-10-24-36-23-9-4-8-22(35-17-18-11-13-19(14-12-18)29(41)42)25(23)28(40)39(24)20-6-2-1-3-7-20/h1-4,6-9,11-14,35H,5,10,15,17H2,(H,41,42)(H5,32,33,34,37,38). The Bertz CT molecular complexity index is 1860. The number of nitrogens with two attached hydrogens (primary N) is 2. The highest BCUT2D eigenvalue weighted by atomic mass is 16.4. The number of nitrogen functional groups attached to an aromatic ring is 2. The summed E-state index contributed by atoms with van der Waals surface area (Å²) in [6, 6.07) is 23.3. The number of hydrogen-bond acceptors (Lipinski definition) is 10. The average Bonchev–Trinajstić information content (AvgIpc) is 2.98. The second kappa shape index (κ2) is 12.1. The summed E-state index contributed by atoms with van der Waals surface area (Å²) in [5.41, 5.74) is 14.3. The zero-order chi connectivity index (χ0) is 29.6. The fraction of sp³-hybridized carbons (Fsp3) is 0.133. The number of carboxylic acids is 1. The SMILES string of the molecule is N#Cc1c(N)nc(N)nc1NCCCc1nc2cccc(NCc3ccc(C(=O)O)cc3)c2c(=O)n1-c1ccccc1. The van der Waals surface area contributed by atoms with Crippen LogP contribution in [0.15, 0.2) is 77.6 Å². The molecular formula is C30H27N9O3. The Morgan fingerprint density at radius 2 is 1.71 bits per heavy atom. The number of para-hydroxylation sites is 1. The number of fused-ring (bicyclic) bond motifs is 1. The first kappa shape index (κ1) is 27.6. The van der Waals surface area contributed by atoms with Gasteiger partial charge in [0.1, 0.15) is 23.3 Å². The van der Waals surface area contributed by atoms with Crippen LogP contribution in [0.3, 0.4) is 0 Å². The molecule has 0 saturated carbocycles. The van der Waals surface area contributed by atoms with E-state index in [0.717, 1.165) is 5.56 Å². The van der Waals surface area contributed by atoms with Crippen LogP contribution in [-0.4, -0.2) is 37.1 Å². The third-order valence-corrected chi connectivity index (χ3v) is 6.60. The quantitative estimate of drug-likeness (QED) is 0.156. The van der Waals surface area contributed by atoms with Crippen LogP contribution in [0.25, 0.3) is 16.6 Å². The van der Waals surface area contributed by atoms with Gasteiger partial charge in [-0.1, -0.05) is 36.4 Å². The number of aromatic nitrogens is 4. The van der Waals surface area contributed by atoms with Gasteiger partial charge in [-0.25, -0.2) is 9.78 Å². The Hall–Kier alpha value is -5.96. The lowest BCUT2D eigenvalue weighted by atomic mass is 10.1. The first-order chi connectivity index (χ1) is 20.4. The van der Waals surface area contributed by atoms with Crippen molar-refractivity contribution in [3.63, 3.8) is 0 Å². The Labute approximate surface area is 240 Å². The lowest BCUT2D eigenvalue weighted by molar-refractivity contribution is 0.0697. The van der Waals surface area contributed by atoms with Gasteiger partial charge in [-0.3, -0.25) is 9.36 Å². The minimum Gasteiger partial charge on any atom is -0.478 e. The van der Waals surface area contributed by atoms with Gasteiger partial charge in [0.25, 0.3) is 5.56 Å². The Morgan fingerprint density at radius 1 is 0.952 bits per heavy atom. The molecule has 7 N–H and O–H groups in total. The van der Waals surface area contributed by atoms with Gasteiger partial charge in [-0.2, -0.15) is 15.2 Å². The monoisotopic (exact) mass is 561 g/mol. The van der Waals surface area contributed by atoms with Crippen LogP contribution in [0.4, 0.5) is 23.3 Å². The number of nitrogens with one attached hydrogen (secondary N) is 2. The highest BCUT2D eigenvalue weighted by molar-refractivity contribution is 5.91. The number of carboxylic acid groups (broad SMARTS) is 1. The first-order valence-electron chi connectivity index (χ1n) is 13.1. The van der Waals surface area contributed by atoms with Crippen molar-refractivity contribution in [3.05, 3.63) is 106 Å². The number of nitrogens with zero attached hydrogens (tertiary/aromatic N) is 5. The highest BCUT2D eigenvalue weighted by Crippen LogP contribution is 2.23. The van der Waals surface area contributed by atoms with Crippen molar-refractivity contribution < 1.29 is 9.90 Å². The number of hydrogen-bond donors (Lipinski definition) is 5. The number of benzene rings is 3. The largest absolute Gasteiger partial charge is 0.478 e. The maximum atomic E-state index is 14.0. The molecule has 0 aliphatic heterocycles. The van der Waals surface area contributed by atoms with Gasteiger partial charge in [-0.15, -0.1) is 0 Å². The molecule has 0 aliphatic rings. The molecule has 2 aromatic heterocycles. The summed E-state index contributed by atoms with van der Waals surface area (Å²) in [4.78, 5) is 38.0. The van der Waals surface area contributed by atoms with Gasteiger partial charge < -0.3 is 27.2 Å². The molecule has 0 aliphatic carbocycles. The normalized spacial score (nSPS) is 10.7. The molecule has 0 saturated heterocycles. The molecule has 0 fully saturated rings. The molecule has 0 bridgehead atoms. The molecule has 210 valence electrons. The topological polar surface area (TPSA) is 198 Å². The van der Waals surface area contributed by atoms with Crippen molar-refractivity contribution in [2.45, 2.75) is 19.4 Å². The van der Waals surface area contributed by atoms with E-state index in [4.69, 9.17) is 21.6 Å². The van der Waals surface area contributed by atoms with Crippen LogP contribution in [-0.2, 0) is 13.0 Å². The van der Waals surface area contributed by atoms with Crippen molar-refractivity contribution in [2.75, 3.05) is 28.6 Å². The van der Waals surface area contributed by atoms with Gasteiger partial charge >= 0.3 is 5.97 Å². The lowest BCUT2D eigenvalue weighted by Gasteiger charge is -2.16. The van der Waals surface area contributed by atoms with Crippen molar-refractivity contribution >= 4 is 40.1 Å². The lowest BCUT2D eigenvalue weighted by Crippen LogP contribution is -2.25. The molecule has 5 aromatic rings. The highest BCUT2D eigenvalue weighted by Gasteiger charge is 2.16. The zero-order valence-corrected chi connectivity index (χ0v) is 22.4. The maximum Gasteiger partial charge on any atom is 0.335 e. The molecule has 2 heterocycles. The third kappa shape index (κ3) is 5.80. The van der Waals surface area contributed by atoms with E-state index in [0.29, 0.717) is 54.0 Å². The minimum absolute atomic E-state index is 0.00306. The molecule has 0 atom stereocenters. The molecule has 12 heteroatoms. The smallest absolute Gasteiger partial charge is 0.335 e. The van der Waals surface area contributed by atoms with Gasteiger partial charge in [-0.05, 0) is 48.4 Å². The molecular weight excluding hydrogens is 534 g/mol. The molecule has 0 spiro atoms. The molecule has 0 radical (unpaired) electrons. The van der Waals surface area contributed by atoms with Crippen molar-refractivity contribution in [1.82, 2.24) is 19.5 Å². The summed E-state index contributed by atoms with van der Waals surface area (Å²) >= 11 is 0. The predicted octanol–water partition coefficient (Wildman–Crippen LogP) is 3.57. The maximum absolute atomic E-state index is 14.0. The van der Waals surface area contributed by atoms with Crippen molar-refractivity contribution in [2.24, 2.45) is 0 Å².